The monoisotopic (exact) mass is 512 g/mol. The van der Waals surface area contributed by atoms with Crippen molar-refractivity contribution >= 4 is 62.6 Å². The minimum atomic E-state index is -3.86. The number of hydrogen-bond acceptors (Lipinski definition) is 6. The number of rotatable bonds is 6. The van der Waals surface area contributed by atoms with Crippen molar-refractivity contribution in [3.05, 3.63) is 101 Å². The number of halogens is 1. The highest BCUT2D eigenvalue weighted by atomic mass is 35.5. The molecule has 2 amide bonds. The van der Waals surface area contributed by atoms with Gasteiger partial charge in [0.05, 0.1) is 5.69 Å². The summed E-state index contributed by atoms with van der Waals surface area (Å²) >= 11 is 11.1. The second-order valence-electron chi connectivity index (χ2n) is 7.27. The minimum Gasteiger partial charge on any atom is -0.382 e. The van der Waals surface area contributed by atoms with Crippen LogP contribution in [0.3, 0.4) is 0 Å². The molecule has 172 valence electrons. The number of carbonyl (C=O) groups is 2. The summed E-state index contributed by atoms with van der Waals surface area (Å²) in [6.45, 7) is 0. The topological polar surface area (TPSA) is 92.8 Å². The van der Waals surface area contributed by atoms with Crippen LogP contribution in [-0.2, 0) is 25.5 Å². The SMILES string of the molecule is O=C1NC(=S)N(c2ccc(Cl)cc2)C(=O)C1=Cc1ccc(OS(=O)(=O)Cc2ccccc2)cc1. The maximum atomic E-state index is 13.0. The molecule has 3 aromatic carbocycles. The van der Waals surface area contributed by atoms with Crippen LogP contribution in [0.25, 0.3) is 6.08 Å². The van der Waals surface area contributed by atoms with E-state index in [4.69, 9.17) is 28.0 Å². The average molecular weight is 513 g/mol. The number of anilines is 1. The molecule has 0 radical (unpaired) electrons. The van der Waals surface area contributed by atoms with Gasteiger partial charge in [-0.25, -0.2) is 0 Å². The lowest BCUT2D eigenvalue weighted by molar-refractivity contribution is -0.122. The van der Waals surface area contributed by atoms with Crippen molar-refractivity contribution in [3.8, 4) is 5.75 Å². The summed E-state index contributed by atoms with van der Waals surface area (Å²) < 4.78 is 29.8. The molecule has 10 heteroatoms. The molecule has 1 fully saturated rings. The number of thiocarbonyl (C=S) groups is 1. The first-order chi connectivity index (χ1) is 16.2. The highest BCUT2D eigenvalue weighted by Gasteiger charge is 2.34. The largest absolute Gasteiger partial charge is 0.382 e. The average Bonchev–Trinajstić information content (AvgIpc) is 2.79. The van der Waals surface area contributed by atoms with Crippen LogP contribution in [0, 0.1) is 0 Å². The third-order valence-electron chi connectivity index (χ3n) is 4.79. The Balaban J connectivity index is 1.52. The maximum absolute atomic E-state index is 13.0. The van der Waals surface area contributed by atoms with Gasteiger partial charge in [-0.2, -0.15) is 8.42 Å². The first-order valence-electron chi connectivity index (χ1n) is 9.95. The first-order valence-corrected chi connectivity index (χ1v) is 12.3. The zero-order valence-corrected chi connectivity index (χ0v) is 19.9. The normalized spacial score (nSPS) is 15.4. The van der Waals surface area contributed by atoms with Crippen molar-refractivity contribution in [1.29, 1.82) is 0 Å². The van der Waals surface area contributed by atoms with Gasteiger partial charge in [0.2, 0.25) is 0 Å². The Bertz CT molecular complexity index is 1390. The predicted octanol–water partition coefficient (Wildman–Crippen LogP) is 4.08. The van der Waals surface area contributed by atoms with E-state index in [-0.39, 0.29) is 22.2 Å². The van der Waals surface area contributed by atoms with Gasteiger partial charge in [-0.15, -0.1) is 0 Å². The summed E-state index contributed by atoms with van der Waals surface area (Å²) in [5.41, 5.74) is 1.43. The molecule has 1 aliphatic rings. The fraction of sp³-hybridized carbons (Fsp3) is 0.0417. The Hall–Kier alpha value is -3.53. The molecule has 1 heterocycles. The summed E-state index contributed by atoms with van der Waals surface area (Å²) in [4.78, 5) is 26.7. The summed E-state index contributed by atoms with van der Waals surface area (Å²) in [5.74, 6) is -1.39. The minimum absolute atomic E-state index is 0.0400. The Kier molecular flexibility index (Phi) is 6.78. The molecule has 0 saturated carbocycles. The molecule has 1 aliphatic heterocycles. The van der Waals surface area contributed by atoms with Crippen LogP contribution in [0.15, 0.2) is 84.4 Å². The molecule has 1 saturated heterocycles. The van der Waals surface area contributed by atoms with E-state index in [1.807, 2.05) is 0 Å². The Labute approximate surface area is 206 Å². The summed E-state index contributed by atoms with van der Waals surface area (Å²) in [6.07, 6.45) is 1.39. The van der Waals surface area contributed by atoms with Gasteiger partial charge < -0.3 is 4.18 Å². The maximum Gasteiger partial charge on any atom is 0.313 e. The number of hydrogen-bond donors (Lipinski definition) is 1. The second-order valence-corrected chi connectivity index (χ2v) is 9.67. The van der Waals surface area contributed by atoms with Gasteiger partial charge in [0.25, 0.3) is 11.8 Å². The fourth-order valence-corrected chi connectivity index (χ4v) is 4.69. The molecule has 0 atom stereocenters. The molecule has 34 heavy (non-hydrogen) atoms. The molecule has 7 nitrogen and oxygen atoms in total. The lowest BCUT2D eigenvalue weighted by Gasteiger charge is -2.28. The Morgan fingerprint density at radius 3 is 2.24 bits per heavy atom. The zero-order valence-electron chi connectivity index (χ0n) is 17.5. The molecule has 0 aromatic heterocycles. The van der Waals surface area contributed by atoms with Crippen LogP contribution in [-0.4, -0.2) is 25.3 Å². The Morgan fingerprint density at radius 2 is 1.59 bits per heavy atom. The summed E-state index contributed by atoms with van der Waals surface area (Å²) in [6, 6.07) is 21.1. The Morgan fingerprint density at radius 1 is 0.941 bits per heavy atom. The van der Waals surface area contributed by atoms with Crippen LogP contribution in [0.4, 0.5) is 5.69 Å². The van der Waals surface area contributed by atoms with Crippen LogP contribution in [0.1, 0.15) is 11.1 Å². The van der Waals surface area contributed by atoms with E-state index >= 15 is 0 Å². The van der Waals surface area contributed by atoms with E-state index in [2.05, 4.69) is 5.32 Å². The predicted molar refractivity (Wildman–Crippen MR) is 134 cm³/mol. The molecule has 3 aromatic rings. The number of benzene rings is 3. The number of carbonyl (C=O) groups excluding carboxylic acids is 2. The lowest BCUT2D eigenvalue weighted by Crippen LogP contribution is -2.54. The third kappa shape index (κ3) is 5.51. The van der Waals surface area contributed by atoms with Crippen molar-refractivity contribution in [1.82, 2.24) is 5.32 Å². The van der Waals surface area contributed by atoms with Crippen molar-refractivity contribution in [3.63, 3.8) is 0 Å². The lowest BCUT2D eigenvalue weighted by atomic mass is 10.1. The van der Waals surface area contributed by atoms with Gasteiger partial charge in [-0.1, -0.05) is 54.1 Å². The van der Waals surface area contributed by atoms with Crippen LogP contribution >= 0.6 is 23.8 Å². The number of nitrogens with one attached hydrogen (secondary N) is 1. The van der Waals surface area contributed by atoms with E-state index < -0.39 is 21.9 Å². The smallest absolute Gasteiger partial charge is 0.313 e. The quantitative estimate of drug-likeness (QED) is 0.231. The van der Waals surface area contributed by atoms with Gasteiger partial charge in [0.1, 0.15) is 17.1 Å². The number of amides is 2. The van der Waals surface area contributed by atoms with Gasteiger partial charge in [-0.05, 0) is 65.8 Å². The summed E-state index contributed by atoms with van der Waals surface area (Å²) in [5, 5.41) is 2.95. The van der Waals surface area contributed by atoms with Crippen LogP contribution in [0.2, 0.25) is 5.02 Å². The van der Waals surface area contributed by atoms with Crippen molar-refractivity contribution < 1.29 is 22.2 Å². The fourth-order valence-electron chi connectivity index (χ4n) is 3.22. The van der Waals surface area contributed by atoms with E-state index in [1.54, 1.807) is 66.7 Å². The highest BCUT2D eigenvalue weighted by Crippen LogP contribution is 2.24. The number of nitrogens with zero attached hydrogens (tertiary/aromatic N) is 1. The third-order valence-corrected chi connectivity index (χ3v) is 6.46. The van der Waals surface area contributed by atoms with Crippen molar-refractivity contribution in [2.45, 2.75) is 5.75 Å². The second kappa shape index (κ2) is 9.76. The molecule has 1 N–H and O–H groups in total. The molecule has 0 aliphatic carbocycles. The molecule has 0 unspecified atom stereocenters. The molecular formula is C24H17ClN2O5S2. The van der Waals surface area contributed by atoms with E-state index in [9.17, 15) is 18.0 Å². The summed E-state index contributed by atoms with van der Waals surface area (Å²) in [7, 11) is -3.86. The van der Waals surface area contributed by atoms with Gasteiger partial charge in [-0.3, -0.25) is 19.8 Å². The van der Waals surface area contributed by atoms with Crippen LogP contribution in [0.5, 0.6) is 5.75 Å². The van der Waals surface area contributed by atoms with Gasteiger partial charge in [0.15, 0.2) is 5.11 Å². The van der Waals surface area contributed by atoms with E-state index in [0.29, 0.717) is 21.8 Å². The van der Waals surface area contributed by atoms with E-state index in [0.717, 1.165) is 0 Å². The molecule has 4 rings (SSSR count). The van der Waals surface area contributed by atoms with Gasteiger partial charge >= 0.3 is 10.1 Å². The van der Waals surface area contributed by atoms with Gasteiger partial charge in [0, 0.05) is 5.02 Å². The van der Waals surface area contributed by atoms with Crippen molar-refractivity contribution in [2.24, 2.45) is 0 Å². The standard InChI is InChI=1S/C24H17ClN2O5S2/c25-18-8-10-19(11-9-18)27-23(29)21(22(28)26-24(27)33)14-16-6-12-20(13-7-16)32-34(30,31)15-17-4-2-1-3-5-17/h1-14H,15H2,(H,26,28,33). The zero-order chi connectivity index (χ0) is 24.3. The highest BCUT2D eigenvalue weighted by molar-refractivity contribution is 7.86. The molecule has 0 bridgehead atoms. The first kappa shape index (κ1) is 23.6. The van der Waals surface area contributed by atoms with E-state index in [1.165, 1.54) is 23.1 Å². The molecular weight excluding hydrogens is 496 g/mol. The van der Waals surface area contributed by atoms with Crippen molar-refractivity contribution in [2.75, 3.05) is 4.90 Å². The molecule has 0 spiro atoms. The van der Waals surface area contributed by atoms with Crippen LogP contribution < -0.4 is 14.4 Å².